The third kappa shape index (κ3) is 2.93. The normalized spacial score (nSPS) is 11.0. The van der Waals surface area contributed by atoms with Crippen molar-refractivity contribution in [3.63, 3.8) is 0 Å². The minimum Gasteiger partial charge on any atom is -0.508 e. The van der Waals surface area contributed by atoms with E-state index in [2.05, 4.69) is 25.3 Å². The number of hydrogen-bond donors (Lipinski definition) is 3. The number of hydrogen-bond acceptors (Lipinski definition) is 6. The maximum atomic E-state index is 9.33. The average molecular weight is 337 g/mol. The van der Waals surface area contributed by atoms with Crippen molar-refractivity contribution in [3.05, 3.63) is 53.0 Å². The standard InChI is InChI=1S/C17H15N5OS/c23-13-3-1-11(2-4-13)5-7-18-16-14-17(20-10-19-14)22-15(21-16)12-6-8-24-9-12/h1-4,6,8-10,23H,5,7H2,(H2,18,19,20,21,22). The monoisotopic (exact) mass is 337 g/mol. The Kier molecular flexibility index (Phi) is 3.84. The summed E-state index contributed by atoms with van der Waals surface area (Å²) < 4.78 is 0. The summed E-state index contributed by atoms with van der Waals surface area (Å²) in [5.74, 6) is 1.70. The van der Waals surface area contributed by atoms with Crippen molar-refractivity contribution in [1.82, 2.24) is 19.9 Å². The van der Waals surface area contributed by atoms with Gasteiger partial charge in [-0.2, -0.15) is 11.3 Å². The van der Waals surface area contributed by atoms with E-state index in [4.69, 9.17) is 0 Å². The zero-order valence-corrected chi connectivity index (χ0v) is 13.5. The molecule has 0 aliphatic carbocycles. The topological polar surface area (TPSA) is 86.7 Å². The van der Waals surface area contributed by atoms with Crippen LogP contribution in [0.1, 0.15) is 5.56 Å². The molecular weight excluding hydrogens is 322 g/mol. The van der Waals surface area contributed by atoms with Gasteiger partial charge >= 0.3 is 0 Å². The first-order valence-electron chi connectivity index (χ1n) is 7.55. The SMILES string of the molecule is Oc1ccc(CCNc2nc(-c3ccsc3)nc3nc[nH]c23)cc1. The fraction of sp³-hybridized carbons (Fsp3) is 0.118. The molecule has 0 aliphatic heterocycles. The summed E-state index contributed by atoms with van der Waals surface area (Å²) in [6.45, 7) is 0.721. The fourth-order valence-corrected chi connectivity index (χ4v) is 3.10. The second-order valence-electron chi connectivity index (χ2n) is 5.35. The van der Waals surface area contributed by atoms with Crippen molar-refractivity contribution < 1.29 is 5.11 Å². The van der Waals surface area contributed by atoms with Crippen LogP contribution in [-0.2, 0) is 6.42 Å². The van der Waals surface area contributed by atoms with Crippen LogP contribution in [0.5, 0.6) is 5.75 Å². The number of phenolic OH excluding ortho intramolecular Hbond substituents is 1. The van der Waals surface area contributed by atoms with Crippen molar-refractivity contribution >= 4 is 28.3 Å². The van der Waals surface area contributed by atoms with Crippen molar-refractivity contribution in [3.8, 4) is 17.1 Å². The smallest absolute Gasteiger partial charge is 0.183 e. The van der Waals surface area contributed by atoms with E-state index >= 15 is 0 Å². The molecule has 3 N–H and O–H groups in total. The summed E-state index contributed by atoms with van der Waals surface area (Å²) in [5.41, 5.74) is 3.60. The predicted molar refractivity (Wildman–Crippen MR) is 95.3 cm³/mol. The molecular formula is C17H15N5OS. The zero-order valence-electron chi connectivity index (χ0n) is 12.7. The zero-order chi connectivity index (χ0) is 16.4. The van der Waals surface area contributed by atoms with Crippen LogP contribution in [0.3, 0.4) is 0 Å². The maximum Gasteiger partial charge on any atom is 0.183 e. The number of nitrogens with zero attached hydrogens (tertiary/aromatic N) is 3. The number of imidazole rings is 1. The molecule has 0 unspecified atom stereocenters. The third-order valence-corrected chi connectivity index (χ3v) is 4.39. The lowest BCUT2D eigenvalue weighted by molar-refractivity contribution is 0.475. The Morgan fingerprint density at radius 3 is 2.79 bits per heavy atom. The van der Waals surface area contributed by atoms with Crippen LogP contribution in [0.15, 0.2) is 47.4 Å². The largest absolute Gasteiger partial charge is 0.508 e. The van der Waals surface area contributed by atoms with Gasteiger partial charge in [-0.25, -0.2) is 15.0 Å². The lowest BCUT2D eigenvalue weighted by Gasteiger charge is -2.08. The van der Waals surface area contributed by atoms with Crippen LogP contribution in [0.4, 0.5) is 5.82 Å². The summed E-state index contributed by atoms with van der Waals surface area (Å²) in [6, 6.07) is 9.22. The molecule has 0 bridgehead atoms. The predicted octanol–water partition coefficient (Wildman–Crippen LogP) is 3.44. The molecule has 3 heterocycles. The first-order valence-corrected chi connectivity index (χ1v) is 8.49. The van der Waals surface area contributed by atoms with E-state index in [0.29, 0.717) is 11.5 Å². The van der Waals surface area contributed by atoms with Gasteiger partial charge in [-0.3, -0.25) is 0 Å². The number of aromatic hydroxyl groups is 1. The molecule has 6 nitrogen and oxygen atoms in total. The second kappa shape index (κ2) is 6.29. The van der Waals surface area contributed by atoms with Crippen molar-refractivity contribution in [2.45, 2.75) is 6.42 Å². The number of fused-ring (bicyclic) bond motifs is 1. The quantitative estimate of drug-likeness (QED) is 0.519. The van der Waals surface area contributed by atoms with Gasteiger partial charge < -0.3 is 15.4 Å². The molecule has 0 saturated heterocycles. The Hall–Kier alpha value is -2.93. The summed E-state index contributed by atoms with van der Waals surface area (Å²) in [4.78, 5) is 16.5. The van der Waals surface area contributed by atoms with Crippen LogP contribution in [0, 0.1) is 0 Å². The molecule has 24 heavy (non-hydrogen) atoms. The minimum absolute atomic E-state index is 0.280. The Morgan fingerprint density at radius 1 is 1.12 bits per heavy atom. The van der Waals surface area contributed by atoms with Crippen LogP contribution >= 0.6 is 11.3 Å². The molecule has 4 rings (SSSR count). The highest BCUT2D eigenvalue weighted by Crippen LogP contribution is 2.24. The van der Waals surface area contributed by atoms with E-state index in [9.17, 15) is 5.11 Å². The minimum atomic E-state index is 0.280. The molecule has 4 aromatic rings. The molecule has 120 valence electrons. The van der Waals surface area contributed by atoms with E-state index in [-0.39, 0.29) is 5.75 Å². The van der Waals surface area contributed by atoms with Gasteiger partial charge in [0, 0.05) is 17.5 Å². The molecule has 0 spiro atoms. The summed E-state index contributed by atoms with van der Waals surface area (Å²) in [7, 11) is 0. The van der Waals surface area contributed by atoms with E-state index in [0.717, 1.165) is 35.4 Å². The Labute approximate surface area is 142 Å². The summed E-state index contributed by atoms with van der Waals surface area (Å²) in [6.07, 6.45) is 2.45. The van der Waals surface area contributed by atoms with Crippen LogP contribution in [0.25, 0.3) is 22.6 Å². The Morgan fingerprint density at radius 2 is 2.00 bits per heavy atom. The van der Waals surface area contributed by atoms with Crippen LogP contribution < -0.4 is 5.32 Å². The summed E-state index contributed by atoms with van der Waals surface area (Å²) in [5, 5.41) is 16.7. The highest BCUT2D eigenvalue weighted by atomic mass is 32.1. The molecule has 0 amide bonds. The number of aromatic amines is 1. The lowest BCUT2D eigenvalue weighted by Crippen LogP contribution is -2.08. The lowest BCUT2D eigenvalue weighted by atomic mass is 10.1. The number of aromatic nitrogens is 4. The van der Waals surface area contributed by atoms with Gasteiger partial charge in [-0.15, -0.1) is 0 Å². The van der Waals surface area contributed by atoms with E-state index < -0.39 is 0 Å². The number of nitrogens with one attached hydrogen (secondary N) is 2. The van der Waals surface area contributed by atoms with Crippen LogP contribution in [0.2, 0.25) is 0 Å². The number of anilines is 1. The molecule has 0 fully saturated rings. The average Bonchev–Trinajstić information content (AvgIpc) is 3.27. The first kappa shape index (κ1) is 14.6. The van der Waals surface area contributed by atoms with Gasteiger partial charge in [-0.05, 0) is 35.6 Å². The number of rotatable bonds is 5. The van der Waals surface area contributed by atoms with Crippen molar-refractivity contribution in [2.24, 2.45) is 0 Å². The van der Waals surface area contributed by atoms with E-state index in [1.165, 1.54) is 0 Å². The molecule has 0 aliphatic rings. The summed E-state index contributed by atoms with van der Waals surface area (Å²) >= 11 is 1.61. The molecule has 1 aromatic carbocycles. The van der Waals surface area contributed by atoms with Gasteiger partial charge in [0.15, 0.2) is 17.3 Å². The van der Waals surface area contributed by atoms with Crippen molar-refractivity contribution in [1.29, 1.82) is 0 Å². The Bertz CT molecular complexity index is 947. The Balaban J connectivity index is 1.56. The number of thiophene rings is 1. The molecule has 3 aromatic heterocycles. The van der Waals surface area contributed by atoms with Gasteiger partial charge in [0.1, 0.15) is 11.3 Å². The highest BCUT2D eigenvalue weighted by Gasteiger charge is 2.11. The van der Waals surface area contributed by atoms with Gasteiger partial charge in [0.05, 0.1) is 6.33 Å². The maximum absolute atomic E-state index is 9.33. The molecule has 7 heteroatoms. The number of benzene rings is 1. The first-order chi connectivity index (χ1) is 11.8. The number of phenols is 1. The second-order valence-corrected chi connectivity index (χ2v) is 6.13. The van der Waals surface area contributed by atoms with Gasteiger partial charge in [-0.1, -0.05) is 12.1 Å². The molecule has 0 saturated carbocycles. The molecule has 0 atom stereocenters. The third-order valence-electron chi connectivity index (χ3n) is 3.71. The van der Waals surface area contributed by atoms with E-state index in [1.807, 2.05) is 29.0 Å². The highest BCUT2D eigenvalue weighted by molar-refractivity contribution is 7.08. The van der Waals surface area contributed by atoms with E-state index in [1.54, 1.807) is 29.8 Å². The number of H-pyrrole nitrogens is 1. The van der Waals surface area contributed by atoms with Crippen LogP contribution in [-0.4, -0.2) is 31.6 Å². The van der Waals surface area contributed by atoms with Gasteiger partial charge in [0.25, 0.3) is 0 Å². The van der Waals surface area contributed by atoms with Crippen molar-refractivity contribution in [2.75, 3.05) is 11.9 Å². The van der Waals surface area contributed by atoms with Gasteiger partial charge in [0.2, 0.25) is 0 Å². The fourth-order valence-electron chi connectivity index (χ4n) is 2.47. The molecule has 0 radical (unpaired) electrons.